The second-order valence-electron chi connectivity index (χ2n) is 13.3. The average molecular weight is 647 g/mol. The molecule has 1 aliphatic heterocycles. The number of carbonyl (C=O) groups is 2. The molecule has 6 rings (SSSR count). The lowest BCUT2D eigenvalue weighted by molar-refractivity contribution is 0.221. The zero-order valence-corrected chi connectivity index (χ0v) is 28.0. The van der Waals surface area contributed by atoms with Crippen molar-refractivity contribution >= 4 is 40.2 Å². The fourth-order valence-electron chi connectivity index (χ4n) is 5.62. The SMILES string of the molecule is Cc1ccc(-n2nc(C(C)(C)C)cc2NC(=O)Nc2ccc(Oc3ccnc(NC(=O)NC4CCN(C)CC4)c3)c3ccccc23)cc1. The lowest BCUT2D eigenvalue weighted by Gasteiger charge is -2.29. The van der Waals surface area contributed by atoms with Crippen LogP contribution < -0.4 is 26.0 Å². The maximum Gasteiger partial charge on any atom is 0.324 e. The van der Waals surface area contributed by atoms with Gasteiger partial charge in [0.05, 0.1) is 17.1 Å². The van der Waals surface area contributed by atoms with Gasteiger partial charge in [-0.25, -0.2) is 19.3 Å². The van der Waals surface area contributed by atoms with Crippen molar-refractivity contribution < 1.29 is 14.3 Å². The quantitative estimate of drug-likeness (QED) is 0.144. The normalized spacial score (nSPS) is 14.0. The highest BCUT2D eigenvalue weighted by Crippen LogP contribution is 2.35. The van der Waals surface area contributed by atoms with Gasteiger partial charge in [0.15, 0.2) is 0 Å². The number of hydrogen-bond acceptors (Lipinski definition) is 6. The van der Waals surface area contributed by atoms with Crippen molar-refractivity contribution in [1.82, 2.24) is 25.0 Å². The number of piperidine rings is 1. The largest absolute Gasteiger partial charge is 0.457 e. The van der Waals surface area contributed by atoms with Crippen molar-refractivity contribution in [2.75, 3.05) is 36.1 Å². The van der Waals surface area contributed by atoms with Gasteiger partial charge in [0.1, 0.15) is 23.1 Å². The summed E-state index contributed by atoms with van der Waals surface area (Å²) in [6, 6.07) is 24.1. The van der Waals surface area contributed by atoms with Gasteiger partial charge in [-0.15, -0.1) is 0 Å². The minimum absolute atomic E-state index is 0.137. The number of hydrogen-bond donors (Lipinski definition) is 4. The number of ether oxygens (including phenoxy) is 1. The number of nitrogens with one attached hydrogen (secondary N) is 4. The van der Waals surface area contributed by atoms with E-state index >= 15 is 0 Å². The molecule has 11 nitrogen and oxygen atoms in total. The zero-order chi connectivity index (χ0) is 33.8. The molecule has 0 unspecified atom stereocenters. The Morgan fingerprint density at radius 2 is 1.58 bits per heavy atom. The minimum atomic E-state index is -0.397. The molecule has 0 atom stereocenters. The van der Waals surface area contributed by atoms with Crippen LogP contribution >= 0.6 is 0 Å². The number of nitrogens with zero attached hydrogens (tertiary/aromatic N) is 4. The van der Waals surface area contributed by atoms with E-state index in [0.29, 0.717) is 28.8 Å². The second kappa shape index (κ2) is 13.7. The molecular weight excluding hydrogens is 604 g/mol. The van der Waals surface area contributed by atoms with Crippen LogP contribution in [0.3, 0.4) is 0 Å². The van der Waals surface area contributed by atoms with Gasteiger partial charge in [0.25, 0.3) is 0 Å². The molecule has 4 amide bonds. The minimum Gasteiger partial charge on any atom is -0.457 e. The summed E-state index contributed by atoms with van der Waals surface area (Å²) in [6.07, 6.45) is 3.42. The first-order valence-corrected chi connectivity index (χ1v) is 16.2. The summed E-state index contributed by atoms with van der Waals surface area (Å²) >= 11 is 0. The highest BCUT2D eigenvalue weighted by molar-refractivity contribution is 6.07. The predicted octanol–water partition coefficient (Wildman–Crippen LogP) is 7.68. The highest BCUT2D eigenvalue weighted by atomic mass is 16.5. The van der Waals surface area contributed by atoms with E-state index in [9.17, 15) is 9.59 Å². The number of pyridine rings is 1. The molecule has 48 heavy (non-hydrogen) atoms. The van der Waals surface area contributed by atoms with E-state index in [1.807, 2.05) is 73.7 Å². The fraction of sp³-hybridized carbons (Fsp3) is 0.297. The Balaban J connectivity index is 1.17. The van der Waals surface area contributed by atoms with E-state index in [1.54, 1.807) is 23.0 Å². The van der Waals surface area contributed by atoms with Crippen LogP contribution in [0.5, 0.6) is 11.5 Å². The van der Waals surface area contributed by atoms with Crippen LogP contribution in [0.2, 0.25) is 0 Å². The maximum absolute atomic E-state index is 13.4. The monoisotopic (exact) mass is 646 g/mol. The van der Waals surface area contributed by atoms with E-state index in [0.717, 1.165) is 53.6 Å². The first-order valence-electron chi connectivity index (χ1n) is 16.2. The van der Waals surface area contributed by atoms with Crippen LogP contribution in [-0.4, -0.2) is 57.9 Å². The van der Waals surface area contributed by atoms with Crippen LogP contribution in [0, 0.1) is 6.92 Å². The zero-order valence-electron chi connectivity index (χ0n) is 28.0. The number of amides is 4. The molecule has 1 saturated heterocycles. The highest BCUT2D eigenvalue weighted by Gasteiger charge is 2.22. The van der Waals surface area contributed by atoms with E-state index in [2.05, 4.69) is 59.0 Å². The summed E-state index contributed by atoms with van der Waals surface area (Å²) in [6.45, 7) is 10.2. The Morgan fingerprint density at radius 1 is 0.854 bits per heavy atom. The predicted molar refractivity (Wildman–Crippen MR) is 191 cm³/mol. The summed E-state index contributed by atoms with van der Waals surface area (Å²) in [5.74, 6) is 2.06. The van der Waals surface area contributed by atoms with Gasteiger partial charge in [-0.1, -0.05) is 62.7 Å². The Bertz CT molecular complexity index is 1920. The van der Waals surface area contributed by atoms with Gasteiger partial charge in [-0.05, 0) is 70.2 Å². The van der Waals surface area contributed by atoms with Gasteiger partial charge in [0, 0.05) is 40.6 Å². The van der Waals surface area contributed by atoms with Crippen LogP contribution in [0.15, 0.2) is 85.1 Å². The number of aryl methyl sites for hydroxylation is 1. The third-order valence-electron chi connectivity index (χ3n) is 8.38. The molecule has 1 aliphatic rings. The van der Waals surface area contributed by atoms with E-state index in [-0.39, 0.29) is 17.5 Å². The van der Waals surface area contributed by atoms with Crippen molar-refractivity contribution in [2.45, 2.75) is 52.0 Å². The summed E-state index contributed by atoms with van der Waals surface area (Å²) < 4.78 is 8.04. The molecule has 0 bridgehead atoms. The molecular formula is C37H42N8O3. The number of carbonyl (C=O) groups excluding carboxylic acids is 2. The maximum atomic E-state index is 13.4. The van der Waals surface area contributed by atoms with Gasteiger partial charge in [0.2, 0.25) is 0 Å². The van der Waals surface area contributed by atoms with Crippen LogP contribution in [0.1, 0.15) is 44.9 Å². The molecule has 248 valence electrons. The summed E-state index contributed by atoms with van der Waals surface area (Å²) in [5, 5.41) is 18.3. The third-order valence-corrected chi connectivity index (χ3v) is 8.38. The number of likely N-dealkylation sites (tertiary alicyclic amines) is 1. The van der Waals surface area contributed by atoms with Crippen molar-refractivity contribution in [2.24, 2.45) is 0 Å². The molecule has 0 radical (unpaired) electrons. The lowest BCUT2D eigenvalue weighted by atomic mass is 9.92. The summed E-state index contributed by atoms with van der Waals surface area (Å²) in [7, 11) is 2.09. The Labute approximate surface area is 280 Å². The number of rotatable bonds is 7. The van der Waals surface area contributed by atoms with Crippen LogP contribution in [0.4, 0.5) is 26.9 Å². The molecule has 0 saturated carbocycles. The number of aromatic nitrogens is 3. The molecule has 0 spiro atoms. The topological polar surface area (TPSA) is 125 Å². The first-order chi connectivity index (χ1) is 23.0. The molecule has 2 aromatic heterocycles. The molecule has 4 N–H and O–H groups in total. The van der Waals surface area contributed by atoms with Crippen LogP contribution in [-0.2, 0) is 5.41 Å². The number of urea groups is 2. The number of benzene rings is 3. The number of fused-ring (bicyclic) bond motifs is 1. The Hall–Kier alpha value is -5.42. The van der Waals surface area contributed by atoms with E-state index in [4.69, 9.17) is 9.84 Å². The first kappa shape index (κ1) is 32.5. The van der Waals surface area contributed by atoms with Crippen molar-refractivity contribution in [1.29, 1.82) is 0 Å². The molecule has 5 aromatic rings. The van der Waals surface area contributed by atoms with Crippen molar-refractivity contribution in [3.8, 4) is 17.2 Å². The van der Waals surface area contributed by atoms with Gasteiger partial charge in [-0.3, -0.25) is 10.6 Å². The molecule has 3 aromatic carbocycles. The summed E-state index contributed by atoms with van der Waals surface area (Å²) in [4.78, 5) is 32.6. The average Bonchev–Trinajstić information content (AvgIpc) is 3.48. The molecule has 3 heterocycles. The standard InChI is InChI=1S/C37H42N8O3/c1-24-10-12-26(13-11-24)45-34(23-32(43-45)37(2,3)4)42-36(47)40-30-14-15-31(29-9-7-6-8-28(29)30)48-27-16-19-38-33(22-27)41-35(46)39-25-17-20-44(5)21-18-25/h6-16,19,22-23,25H,17-18,20-21H2,1-5H3,(H2,40,42,47)(H2,38,39,41,46). The van der Waals surface area contributed by atoms with Gasteiger partial charge in [-0.2, -0.15) is 5.10 Å². The van der Waals surface area contributed by atoms with E-state index < -0.39 is 6.03 Å². The second-order valence-corrected chi connectivity index (χ2v) is 13.3. The smallest absolute Gasteiger partial charge is 0.324 e. The third kappa shape index (κ3) is 7.75. The molecule has 1 fully saturated rings. The molecule has 11 heteroatoms. The summed E-state index contributed by atoms with van der Waals surface area (Å²) in [5.41, 5.74) is 3.26. The fourth-order valence-corrected chi connectivity index (χ4v) is 5.62. The lowest BCUT2D eigenvalue weighted by Crippen LogP contribution is -2.44. The van der Waals surface area contributed by atoms with E-state index in [1.165, 1.54) is 0 Å². The van der Waals surface area contributed by atoms with Gasteiger partial charge >= 0.3 is 12.1 Å². The Kier molecular flexibility index (Phi) is 9.31. The van der Waals surface area contributed by atoms with Crippen LogP contribution in [0.25, 0.3) is 16.5 Å². The Morgan fingerprint density at radius 3 is 2.31 bits per heavy atom. The molecule has 0 aliphatic carbocycles. The van der Waals surface area contributed by atoms with Crippen molar-refractivity contribution in [3.63, 3.8) is 0 Å². The van der Waals surface area contributed by atoms with Crippen molar-refractivity contribution in [3.05, 3.63) is 96.3 Å². The van der Waals surface area contributed by atoms with Gasteiger partial charge < -0.3 is 20.3 Å². The number of anilines is 3.